The molecule has 0 bridgehead atoms. The molecule has 23 heavy (non-hydrogen) atoms. The van der Waals surface area contributed by atoms with Gasteiger partial charge in [-0.05, 0) is 39.3 Å². The number of H-pyrrole nitrogens is 1. The summed E-state index contributed by atoms with van der Waals surface area (Å²) in [6.45, 7) is 7.77. The van der Waals surface area contributed by atoms with Crippen molar-refractivity contribution in [3.63, 3.8) is 0 Å². The van der Waals surface area contributed by atoms with Gasteiger partial charge in [-0.2, -0.15) is 5.10 Å². The summed E-state index contributed by atoms with van der Waals surface area (Å²) in [7, 11) is 0. The van der Waals surface area contributed by atoms with Gasteiger partial charge in [0, 0.05) is 17.7 Å². The second kappa shape index (κ2) is 5.83. The Morgan fingerprint density at radius 2 is 1.91 bits per heavy atom. The number of benzene rings is 1. The molecule has 0 aliphatic carbocycles. The fourth-order valence-electron chi connectivity index (χ4n) is 2.77. The molecule has 3 rings (SSSR count). The topological polar surface area (TPSA) is 63.6 Å². The molecule has 0 radical (unpaired) electrons. The van der Waals surface area contributed by atoms with Crippen LogP contribution in [0.5, 0.6) is 0 Å². The Kier molecular flexibility index (Phi) is 3.86. The largest absolute Gasteiger partial charge is 0.291 e. The van der Waals surface area contributed by atoms with Crippen LogP contribution in [0.4, 0.5) is 0 Å². The Morgan fingerprint density at radius 3 is 2.52 bits per heavy atom. The van der Waals surface area contributed by atoms with Crippen molar-refractivity contribution < 1.29 is 0 Å². The quantitative estimate of drug-likeness (QED) is 0.809. The number of hydrogen-bond acceptors (Lipinski definition) is 3. The summed E-state index contributed by atoms with van der Waals surface area (Å²) in [5, 5.41) is 4.37. The highest BCUT2D eigenvalue weighted by Crippen LogP contribution is 2.12. The van der Waals surface area contributed by atoms with Crippen molar-refractivity contribution in [2.24, 2.45) is 0 Å². The summed E-state index contributed by atoms with van der Waals surface area (Å²) in [5.74, 6) is 0.464. The lowest BCUT2D eigenvalue weighted by Gasteiger charge is -2.09. The van der Waals surface area contributed by atoms with Crippen molar-refractivity contribution in [1.29, 1.82) is 0 Å². The van der Waals surface area contributed by atoms with Crippen molar-refractivity contribution >= 4 is 0 Å². The highest BCUT2D eigenvalue weighted by molar-refractivity contribution is 5.31. The van der Waals surface area contributed by atoms with E-state index in [2.05, 4.69) is 21.1 Å². The van der Waals surface area contributed by atoms with E-state index >= 15 is 0 Å². The first kappa shape index (κ1) is 15.2. The van der Waals surface area contributed by atoms with Gasteiger partial charge < -0.3 is 0 Å². The number of nitrogens with one attached hydrogen (secondary N) is 1. The number of nitrogens with zero attached hydrogens (tertiary/aromatic N) is 3. The van der Waals surface area contributed by atoms with E-state index in [1.165, 1.54) is 5.56 Å². The lowest BCUT2D eigenvalue weighted by molar-refractivity contribution is 0.756. The van der Waals surface area contributed by atoms with E-state index < -0.39 is 0 Å². The summed E-state index contributed by atoms with van der Waals surface area (Å²) in [5.41, 5.74) is 5.45. The molecule has 0 saturated carbocycles. The van der Waals surface area contributed by atoms with Crippen LogP contribution in [0, 0.1) is 27.7 Å². The third-order valence-corrected chi connectivity index (χ3v) is 3.88. The van der Waals surface area contributed by atoms with Gasteiger partial charge in [0.2, 0.25) is 5.95 Å². The number of rotatable bonds is 3. The fraction of sp³-hybridized carbons (Fsp3) is 0.278. The molecular formula is C18H20N4O. The third kappa shape index (κ3) is 3.08. The zero-order valence-corrected chi connectivity index (χ0v) is 13.8. The van der Waals surface area contributed by atoms with E-state index in [0.717, 1.165) is 22.6 Å². The molecular weight excluding hydrogens is 288 g/mol. The first-order valence-electron chi connectivity index (χ1n) is 7.63. The van der Waals surface area contributed by atoms with E-state index in [0.29, 0.717) is 17.9 Å². The van der Waals surface area contributed by atoms with E-state index in [4.69, 9.17) is 0 Å². The third-order valence-electron chi connectivity index (χ3n) is 3.88. The zero-order valence-electron chi connectivity index (χ0n) is 13.8. The fourth-order valence-corrected chi connectivity index (χ4v) is 2.77. The second-order valence-electron chi connectivity index (χ2n) is 5.96. The maximum atomic E-state index is 12.5. The van der Waals surface area contributed by atoms with Gasteiger partial charge in [-0.3, -0.25) is 9.78 Å². The first-order chi connectivity index (χ1) is 10.9. The van der Waals surface area contributed by atoms with Crippen LogP contribution in [0.15, 0.2) is 35.1 Å². The maximum absolute atomic E-state index is 12.5. The monoisotopic (exact) mass is 308 g/mol. The molecule has 2 heterocycles. The smallest absolute Gasteiger partial charge is 0.256 e. The van der Waals surface area contributed by atoms with Gasteiger partial charge in [0.25, 0.3) is 5.56 Å². The Balaban J connectivity index is 2.01. The van der Waals surface area contributed by atoms with E-state index in [1.807, 2.05) is 52.0 Å². The van der Waals surface area contributed by atoms with Crippen molar-refractivity contribution in [2.75, 3.05) is 0 Å². The van der Waals surface area contributed by atoms with Gasteiger partial charge in [0.1, 0.15) is 0 Å². The van der Waals surface area contributed by atoms with Crippen molar-refractivity contribution in [1.82, 2.24) is 19.7 Å². The standard InChI is InChI=1S/C18H20N4O/c1-11-6-5-7-15(8-11)10-16-14(4)19-18(20-17(16)23)22-13(3)9-12(2)21-22/h5-9H,10H2,1-4H3,(H,19,20,23). The minimum atomic E-state index is -0.110. The predicted molar refractivity (Wildman–Crippen MR) is 90.2 cm³/mol. The van der Waals surface area contributed by atoms with Gasteiger partial charge >= 0.3 is 0 Å². The highest BCUT2D eigenvalue weighted by Gasteiger charge is 2.12. The first-order valence-corrected chi connectivity index (χ1v) is 7.63. The van der Waals surface area contributed by atoms with Crippen LogP contribution in [0.25, 0.3) is 5.95 Å². The van der Waals surface area contributed by atoms with Gasteiger partial charge in [-0.25, -0.2) is 9.67 Å². The Labute approximate surface area is 135 Å². The van der Waals surface area contributed by atoms with E-state index in [9.17, 15) is 4.79 Å². The lowest BCUT2D eigenvalue weighted by Crippen LogP contribution is -2.21. The Bertz CT molecular complexity index is 921. The molecule has 0 fully saturated rings. The van der Waals surface area contributed by atoms with Gasteiger partial charge in [-0.1, -0.05) is 29.8 Å². The number of hydrogen-bond donors (Lipinski definition) is 1. The predicted octanol–water partition coefficient (Wildman–Crippen LogP) is 2.78. The molecule has 0 amide bonds. The van der Waals surface area contributed by atoms with Gasteiger partial charge in [0.15, 0.2) is 0 Å². The molecule has 0 spiro atoms. The van der Waals surface area contributed by atoms with Gasteiger partial charge in [-0.15, -0.1) is 0 Å². The van der Waals surface area contributed by atoms with Crippen molar-refractivity contribution in [2.45, 2.75) is 34.1 Å². The lowest BCUT2D eigenvalue weighted by atomic mass is 10.0. The number of aryl methyl sites for hydroxylation is 4. The molecule has 5 nitrogen and oxygen atoms in total. The van der Waals surface area contributed by atoms with Crippen LogP contribution in [0.3, 0.4) is 0 Å². The molecule has 0 atom stereocenters. The molecule has 0 saturated heterocycles. The minimum absolute atomic E-state index is 0.110. The van der Waals surface area contributed by atoms with E-state index in [1.54, 1.807) is 4.68 Å². The van der Waals surface area contributed by atoms with Crippen molar-refractivity contribution in [3.8, 4) is 5.95 Å². The normalized spacial score (nSPS) is 11.0. The average Bonchev–Trinajstić information content (AvgIpc) is 2.81. The van der Waals surface area contributed by atoms with E-state index in [-0.39, 0.29) is 5.56 Å². The summed E-state index contributed by atoms with van der Waals surface area (Å²) in [6, 6.07) is 10.1. The van der Waals surface area contributed by atoms with Crippen LogP contribution in [-0.4, -0.2) is 19.7 Å². The Hall–Kier alpha value is -2.69. The van der Waals surface area contributed by atoms with Crippen LogP contribution in [0.2, 0.25) is 0 Å². The number of aromatic nitrogens is 4. The molecule has 5 heteroatoms. The van der Waals surface area contributed by atoms with Crippen LogP contribution in [0.1, 0.15) is 33.8 Å². The minimum Gasteiger partial charge on any atom is -0.291 e. The molecule has 118 valence electrons. The molecule has 3 aromatic rings. The molecule has 2 aromatic heterocycles. The second-order valence-corrected chi connectivity index (χ2v) is 5.96. The molecule has 0 aliphatic rings. The van der Waals surface area contributed by atoms with Crippen LogP contribution in [-0.2, 0) is 6.42 Å². The van der Waals surface area contributed by atoms with Crippen molar-refractivity contribution in [3.05, 3.63) is 74.5 Å². The van der Waals surface area contributed by atoms with Gasteiger partial charge in [0.05, 0.1) is 11.4 Å². The zero-order chi connectivity index (χ0) is 16.6. The average molecular weight is 308 g/mol. The maximum Gasteiger partial charge on any atom is 0.256 e. The number of aromatic amines is 1. The molecule has 1 aromatic carbocycles. The summed E-state index contributed by atoms with van der Waals surface area (Å²) >= 11 is 0. The van der Waals surface area contributed by atoms with Crippen LogP contribution < -0.4 is 5.56 Å². The summed E-state index contributed by atoms with van der Waals surface area (Å²) in [6.07, 6.45) is 0.577. The molecule has 0 unspecified atom stereocenters. The highest BCUT2D eigenvalue weighted by atomic mass is 16.1. The summed E-state index contributed by atoms with van der Waals surface area (Å²) < 4.78 is 1.67. The summed E-state index contributed by atoms with van der Waals surface area (Å²) in [4.78, 5) is 19.9. The molecule has 1 N–H and O–H groups in total. The Morgan fingerprint density at radius 1 is 1.13 bits per heavy atom. The SMILES string of the molecule is Cc1cccc(Cc2c(C)nc(-n3nc(C)cc3C)[nH]c2=O)c1. The van der Waals surface area contributed by atoms with Crippen LogP contribution >= 0.6 is 0 Å². The molecule has 0 aliphatic heterocycles.